The maximum atomic E-state index is 12.4. The van der Waals surface area contributed by atoms with Crippen LogP contribution in [0.5, 0.6) is 0 Å². The van der Waals surface area contributed by atoms with E-state index in [1.807, 2.05) is 25.1 Å². The Hall–Kier alpha value is -1.88. The molecule has 118 valence electrons. The summed E-state index contributed by atoms with van der Waals surface area (Å²) in [4.78, 5) is 26.0. The summed E-state index contributed by atoms with van der Waals surface area (Å²) in [6.07, 6.45) is 4.10. The first-order valence-electron chi connectivity index (χ1n) is 7.91. The molecule has 0 radical (unpaired) electrons. The van der Waals surface area contributed by atoms with Crippen LogP contribution in [0, 0.1) is 6.92 Å². The summed E-state index contributed by atoms with van der Waals surface area (Å²) >= 11 is 0. The molecule has 0 aromatic heterocycles. The van der Waals surface area contributed by atoms with Crippen LogP contribution in [0.15, 0.2) is 18.2 Å². The molecule has 22 heavy (non-hydrogen) atoms. The highest BCUT2D eigenvalue weighted by Crippen LogP contribution is 2.31. The molecule has 0 unspecified atom stereocenters. The van der Waals surface area contributed by atoms with Gasteiger partial charge >= 0.3 is 11.8 Å². The van der Waals surface area contributed by atoms with E-state index in [1.165, 1.54) is 4.90 Å². The highest BCUT2D eigenvalue weighted by molar-refractivity contribution is 6.40. The third-order valence-electron chi connectivity index (χ3n) is 4.81. The minimum absolute atomic E-state index is 0.159. The number of hydrogen-bond acceptors (Lipinski definition) is 3. The second-order valence-corrected chi connectivity index (χ2v) is 6.39. The van der Waals surface area contributed by atoms with E-state index in [2.05, 4.69) is 5.32 Å². The summed E-state index contributed by atoms with van der Waals surface area (Å²) < 4.78 is 0. The number of hydrogen-bond donors (Lipinski definition) is 2. The molecule has 0 bridgehead atoms. The number of rotatable bonds is 2. The Morgan fingerprint density at radius 2 is 2.05 bits per heavy atom. The van der Waals surface area contributed by atoms with Gasteiger partial charge in [-0.15, -0.1) is 0 Å². The highest BCUT2D eigenvalue weighted by atomic mass is 16.3. The molecule has 2 aliphatic rings. The predicted molar refractivity (Wildman–Crippen MR) is 83.7 cm³/mol. The fourth-order valence-electron chi connectivity index (χ4n) is 3.47. The highest BCUT2D eigenvalue weighted by Gasteiger charge is 2.34. The average Bonchev–Trinajstić information content (AvgIpc) is 3.12. The van der Waals surface area contributed by atoms with E-state index in [4.69, 9.17) is 0 Å². The molecule has 0 spiro atoms. The molecular formula is C17H22N2O3. The first-order chi connectivity index (χ1) is 10.5. The maximum absolute atomic E-state index is 12.4. The van der Waals surface area contributed by atoms with Crippen LogP contribution in [0.25, 0.3) is 0 Å². The van der Waals surface area contributed by atoms with Gasteiger partial charge in [0.25, 0.3) is 0 Å². The van der Waals surface area contributed by atoms with E-state index in [0.29, 0.717) is 19.4 Å². The lowest BCUT2D eigenvalue weighted by atomic mass is 10.0. The van der Waals surface area contributed by atoms with Crippen LogP contribution in [-0.2, 0) is 16.0 Å². The second kappa shape index (κ2) is 5.72. The number of amides is 2. The number of fused-ring (bicyclic) bond motifs is 1. The van der Waals surface area contributed by atoms with E-state index >= 15 is 0 Å². The van der Waals surface area contributed by atoms with Gasteiger partial charge in [-0.25, -0.2) is 0 Å². The molecule has 1 aliphatic heterocycles. The van der Waals surface area contributed by atoms with Crippen molar-refractivity contribution in [1.82, 2.24) is 5.32 Å². The van der Waals surface area contributed by atoms with Gasteiger partial charge in [0.2, 0.25) is 0 Å². The number of nitrogens with zero attached hydrogens (tertiary/aromatic N) is 1. The smallest absolute Gasteiger partial charge is 0.316 e. The number of carbonyl (C=O) groups is 2. The summed E-state index contributed by atoms with van der Waals surface area (Å²) in [6, 6.07) is 5.80. The first kappa shape index (κ1) is 15.0. The Balaban J connectivity index is 1.65. The Bertz CT molecular complexity index is 606. The number of benzene rings is 1. The van der Waals surface area contributed by atoms with Crippen molar-refractivity contribution < 1.29 is 14.7 Å². The molecule has 5 heteroatoms. The van der Waals surface area contributed by atoms with E-state index in [9.17, 15) is 14.7 Å². The van der Waals surface area contributed by atoms with Crippen molar-refractivity contribution in [2.24, 2.45) is 0 Å². The third-order valence-corrected chi connectivity index (χ3v) is 4.81. The van der Waals surface area contributed by atoms with Crippen LogP contribution in [0.1, 0.15) is 36.8 Å². The van der Waals surface area contributed by atoms with Gasteiger partial charge < -0.3 is 15.3 Å². The van der Waals surface area contributed by atoms with Crippen molar-refractivity contribution >= 4 is 17.5 Å². The van der Waals surface area contributed by atoms with Gasteiger partial charge in [-0.05, 0) is 43.4 Å². The van der Waals surface area contributed by atoms with Crippen LogP contribution < -0.4 is 10.2 Å². The Kier molecular flexibility index (Phi) is 3.91. The van der Waals surface area contributed by atoms with Crippen molar-refractivity contribution in [3.8, 4) is 0 Å². The summed E-state index contributed by atoms with van der Waals surface area (Å²) in [6.45, 7) is 2.71. The zero-order valence-corrected chi connectivity index (χ0v) is 12.9. The number of carbonyl (C=O) groups excluding carboxylic acids is 2. The van der Waals surface area contributed by atoms with Crippen LogP contribution >= 0.6 is 0 Å². The Morgan fingerprint density at radius 3 is 2.77 bits per heavy atom. The van der Waals surface area contributed by atoms with Gasteiger partial charge in [0.15, 0.2) is 0 Å². The minimum atomic E-state index is -0.838. The summed E-state index contributed by atoms with van der Waals surface area (Å²) in [5.74, 6) is -1.17. The van der Waals surface area contributed by atoms with Gasteiger partial charge in [-0.3, -0.25) is 9.59 Å². The Labute approximate surface area is 130 Å². The van der Waals surface area contributed by atoms with Gasteiger partial charge in [-0.1, -0.05) is 25.0 Å². The van der Waals surface area contributed by atoms with Crippen molar-refractivity contribution in [1.29, 1.82) is 0 Å². The Morgan fingerprint density at radius 1 is 1.32 bits per heavy atom. The monoisotopic (exact) mass is 302 g/mol. The normalized spacial score (nSPS) is 19.1. The topological polar surface area (TPSA) is 69.6 Å². The van der Waals surface area contributed by atoms with Crippen molar-refractivity contribution in [2.75, 3.05) is 18.0 Å². The maximum Gasteiger partial charge on any atom is 0.316 e. The molecule has 3 rings (SSSR count). The standard InChI is InChI=1S/C17H22N2O3/c1-12-5-4-6-14-13(12)7-10-19(14)16(21)15(20)18-11-17(22)8-2-3-9-17/h4-6,22H,2-3,7-11H2,1H3,(H,18,20). The van der Waals surface area contributed by atoms with Gasteiger partial charge in [0.1, 0.15) is 0 Å². The lowest BCUT2D eigenvalue weighted by Crippen LogP contribution is -2.47. The number of aryl methyl sites for hydroxylation is 1. The second-order valence-electron chi connectivity index (χ2n) is 6.39. The number of nitrogens with one attached hydrogen (secondary N) is 1. The molecule has 2 N–H and O–H groups in total. The molecule has 1 saturated carbocycles. The zero-order chi connectivity index (χ0) is 15.7. The number of anilines is 1. The van der Waals surface area contributed by atoms with Crippen molar-refractivity contribution in [3.05, 3.63) is 29.3 Å². The quantitative estimate of drug-likeness (QED) is 0.809. The van der Waals surface area contributed by atoms with Crippen LogP contribution in [0.4, 0.5) is 5.69 Å². The zero-order valence-electron chi connectivity index (χ0n) is 12.9. The summed E-state index contributed by atoms with van der Waals surface area (Å²) in [5, 5.41) is 12.8. The van der Waals surface area contributed by atoms with E-state index in [0.717, 1.165) is 36.1 Å². The fourth-order valence-corrected chi connectivity index (χ4v) is 3.47. The molecular weight excluding hydrogens is 280 g/mol. The van der Waals surface area contributed by atoms with Gasteiger partial charge in [0, 0.05) is 18.8 Å². The van der Waals surface area contributed by atoms with Crippen molar-refractivity contribution in [2.45, 2.75) is 44.6 Å². The molecule has 1 aromatic rings. The third kappa shape index (κ3) is 2.73. The predicted octanol–water partition coefficient (Wildman–Crippen LogP) is 1.31. The lowest BCUT2D eigenvalue weighted by Gasteiger charge is -2.23. The van der Waals surface area contributed by atoms with E-state index in [-0.39, 0.29) is 6.54 Å². The van der Waals surface area contributed by atoms with Crippen LogP contribution in [0.2, 0.25) is 0 Å². The largest absolute Gasteiger partial charge is 0.388 e. The SMILES string of the molecule is Cc1cccc2c1CCN2C(=O)C(=O)NCC1(O)CCCC1. The lowest BCUT2D eigenvalue weighted by molar-refractivity contribution is -0.138. The average molecular weight is 302 g/mol. The molecule has 1 aliphatic carbocycles. The fraction of sp³-hybridized carbons (Fsp3) is 0.529. The molecule has 0 saturated heterocycles. The summed E-state index contributed by atoms with van der Waals surface area (Å²) in [7, 11) is 0. The molecule has 2 amide bonds. The molecule has 1 fully saturated rings. The minimum Gasteiger partial charge on any atom is -0.388 e. The molecule has 1 heterocycles. The molecule has 0 atom stereocenters. The molecule has 1 aromatic carbocycles. The van der Waals surface area contributed by atoms with Crippen LogP contribution in [0.3, 0.4) is 0 Å². The van der Waals surface area contributed by atoms with Gasteiger partial charge in [0.05, 0.1) is 5.60 Å². The molecule has 5 nitrogen and oxygen atoms in total. The first-order valence-corrected chi connectivity index (χ1v) is 7.91. The van der Waals surface area contributed by atoms with E-state index < -0.39 is 17.4 Å². The van der Waals surface area contributed by atoms with Crippen molar-refractivity contribution in [3.63, 3.8) is 0 Å². The number of aliphatic hydroxyl groups is 1. The summed E-state index contributed by atoms with van der Waals surface area (Å²) in [5.41, 5.74) is 2.28. The van der Waals surface area contributed by atoms with E-state index in [1.54, 1.807) is 0 Å². The van der Waals surface area contributed by atoms with Gasteiger partial charge in [-0.2, -0.15) is 0 Å². The van der Waals surface area contributed by atoms with Crippen LogP contribution in [-0.4, -0.2) is 35.6 Å².